The molecule has 0 bridgehead atoms. The number of amides is 2. The molecule has 0 aromatic rings. The number of carbonyl (C=O) groups excluding carboxylic acids is 3. The zero-order valence-corrected chi connectivity index (χ0v) is 14.9. The number of rotatable bonds is 6. The lowest BCUT2D eigenvalue weighted by Gasteiger charge is -2.34. The van der Waals surface area contributed by atoms with Gasteiger partial charge in [0.05, 0.1) is 5.92 Å². The summed E-state index contributed by atoms with van der Waals surface area (Å²) >= 11 is 0. The Morgan fingerprint density at radius 1 is 1.39 bits per heavy atom. The van der Waals surface area contributed by atoms with Crippen LogP contribution in [-0.2, 0) is 14.4 Å². The van der Waals surface area contributed by atoms with Crippen molar-refractivity contribution in [1.82, 2.24) is 10.8 Å². The first-order chi connectivity index (χ1) is 10.6. The zero-order chi connectivity index (χ0) is 17.8. The number of hydrogen-bond donors (Lipinski definition) is 3. The lowest BCUT2D eigenvalue weighted by Crippen LogP contribution is -2.45. The molecule has 1 aliphatic carbocycles. The smallest absolute Gasteiger partial charge is 0.244 e. The van der Waals surface area contributed by atoms with Crippen LogP contribution in [0.25, 0.3) is 0 Å². The van der Waals surface area contributed by atoms with E-state index in [9.17, 15) is 14.4 Å². The van der Waals surface area contributed by atoms with Crippen LogP contribution in [0.15, 0.2) is 0 Å². The molecule has 1 saturated carbocycles. The van der Waals surface area contributed by atoms with Gasteiger partial charge in [0.15, 0.2) is 0 Å². The van der Waals surface area contributed by atoms with Crippen LogP contribution in [0.1, 0.15) is 59.8 Å². The molecule has 6 heteroatoms. The van der Waals surface area contributed by atoms with E-state index in [0.717, 1.165) is 6.42 Å². The van der Waals surface area contributed by atoms with Crippen LogP contribution in [-0.4, -0.2) is 29.9 Å². The monoisotopic (exact) mass is 326 g/mol. The topological polar surface area (TPSA) is 95.5 Å². The van der Waals surface area contributed by atoms with E-state index >= 15 is 0 Å². The third kappa shape index (κ3) is 4.10. The average Bonchev–Trinajstić information content (AvgIpc) is 2.76. The lowest BCUT2D eigenvalue weighted by atomic mass is 9.69. The maximum atomic E-state index is 13.1. The molecule has 6 nitrogen and oxygen atoms in total. The summed E-state index contributed by atoms with van der Waals surface area (Å²) in [4.78, 5) is 37.2. The summed E-state index contributed by atoms with van der Waals surface area (Å²) in [7, 11) is 1.58. The number of ketones is 1. The molecule has 0 heterocycles. The van der Waals surface area contributed by atoms with Crippen molar-refractivity contribution >= 4 is 17.6 Å². The average molecular weight is 326 g/mol. The molecule has 2 unspecified atom stereocenters. The minimum absolute atomic E-state index is 0.00789. The van der Waals surface area contributed by atoms with Crippen molar-refractivity contribution in [2.75, 3.05) is 7.05 Å². The number of Topliss-reactive ketones (excluding diaryl/α,β-unsaturated/α-hetero) is 1. The summed E-state index contributed by atoms with van der Waals surface area (Å²) in [5.41, 5.74) is 0.528. The van der Waals surface area contributed by atoms with E-state index in [0.29, 0.717) is 19.3 Å². The van der Waals surface area contributed by atoms with Gasteiger partial charge in [-0.2, -0.15) is 0 Å². The molecule has 132 valence electrons. The molecule has 23 heavy (non-hydrogen) atoms. The van der Waals surface area contributed by atoms with Gasteiger partial charge in [-0.25, -0.2) is 5.48 Å². The Bertz CT molecular complexity index is 470. The fourth-order valence-electron chi connectivity index (χ4n) is 4.07. The fourth-order valence-corrected chi connectivity index (χ4v) is 4.07. The summed E-state index contributed by atoms with van der Waals surface area (Å²) in [5, 5.41) is 11.5. The van der Waals surface area contributed by atoms with E-state index in [1.54, 1.807) is 12.5 Å². The van der Waals surface area contributed by atoms with Gasteiger partial charge in [-0.1, -0.05) is 34.1 Å². The highest BCUT2D eigenvalue weighted by Gasteiger charge is 2.53. The van der Waals surface area contributed by atoms with Crippen LogP contribution in [0.5, 0.6) is 0 Å². The second-order valence-corrected chi connectivity index (χ2v) is 7.71. The Labute approximate surface area is 138 Å². The number of hydrogen-bond acceptors (Lipinski definition) is 4. The number of nitrogens with one attached hydrogen (secondary N) is 2. The second kappa shape index (κ2) is 7.43. The highest BCUT2D eigenvalue weighted by atomic mass is 16.5. The molecule has 1 rings (SSSR count). The molecule has 0 aliphatic heterocycles. The van der Waals surface area contributed by atoms with Gasteiger partial charge in [0.25, 0.3) is 0 Å². The quantitative estimate of drug-likeness (QED) is 0.514. The molecule has 2 amide bonds. The molecule has 0 saturated heterocycles. The van der Waals surface area contributed by atoms with Gasteiger partial charge < -0.3 is 5.32 Å². The van der Waals surface area contributed by atoms with Crippen LogP contribution in [0.2, 0.25) is 0 Å². The SMILES string of the molecule is CCC[C@@]1(CC(=O)NO)CCC(C(C(=O)NC)C(C)(C)C)C1=O. The van der Waals surface area contributed by atoms with Crippen LogP contribution < -0.4 is 10.8 Å². The normalized spacial score (nSPS) is 26.0. The fraction of sp³-hybridized carbons (Fsp3) is 0.824. The Morgan fingerprint density at radius 3 is 2.43 bits per heavy atom. The molecular weight excluding hydrogens is 296 g/mol. The van der Waals surface area contributed by atoms with Crippen molar-refractivity contribution in [1.29, 1.82) is 0 Å². The van der Waals surface area contributed by atoms with Gasteiger partial charge in [0.1, 0.15) is 5.78 Å². The summed E-state index contributed by atoms with van der Waals surface area (Å²) in [6.07, 6.45) is 2.54. The Hall–Kier alpha value is -1.43. The van der Waals surface area contributed by atoms with E-state index in [1.165, 1.54) is 0 Å². The van der Waals surface area contributed by atoms with Crippen molar-refractivity contribution in [3.8, 4) is 0 Å². The second-order valence-electron chi connectivity index (χ2n) is 7.71. The standard InChI is InChI=1S/C17H30N2O4/c1-6-8-17(10-12(20)19-23)9-7-11(14(17)21)13(15(22)18-5)16(2,3)4/h11,13,23H,6-10H2,1-5H3,(H,18,22)(H,19,20)/t11?,13?,17-/m0/s1. The largest absolute Gasteiger partial charge is 0.359 e. The van der Waals surface area contributed by atoms with Crippen LogP contribution >= 0.6 is 0 Å². The van der Waals surface area contributed by atoms with Crippen LogP contribution in [0.3, 0.4) is 0 Å². The van der Waals surface area contributed by atoms with E-state index < -0.39 is 17.2 Å². The zero-order valence-electron chi connectivity index (χ0n) is 14.9. The number of carbonyl (C=O) groups is 3. The minimum atomic E-state index is -0.760. The van der Waals surface area contributed by atoms with E-state index in [4.69, 9.17) is 5.21 Å². The Balaban J connectivity index is 3.14. The van der Waals surface area contributed by atoms with Gasteiger partial charge in [0.2, 0.25) is 11.8 Å². The summed E-state index contributed by atoms with van der Waals surface area (Å²) in [6, 6.07) is 0. The predicted molar refractivity (Wildman–Crippen MR) is 86.6 cm³/mol. The first-order valence-electron chi connectivity index (χ1n) is 8.31. The van der Waals surface area contributed by atoms with Crippen molar-refractivity contribution in [2.45, 2.75) is 59.8 Å². The van der Waals surface area contributed by atoms with Gasteiger partial charge in [-0.05, 0) is 24.7 Å². The summed E-state index contributed by atoms with van der Waals surface area (Å²) in [6.45, 7) is 7.85. The molecule has 0 aromatic carbocycles. The molecule has 0 aromatic heterocycles. The van der Waals surface area contributed by atoms with E-state index in [2.05, 4.69) is 5.32 Å². The van der Waals surface area contributed by atoms with Gasteiger partial charge in [0, 0.05) is 24.8 Å². The third-order valence-corrected chi connectivity index (χ3v) is 5.01. The molecule has 3 N–H and O–H groups in total. The highest BCUT2D eigenvalue weighted by molar-refractivity contribution is 5.96. The molecular formula is C17H30N2O4. The maximum Gasteiger partial charge on any atom is 0.244 e. The van der Waals surface area contributed by atoms with E-state index in [-0.39, 0.29) is 29.4 Å². The molecule has 1 aliphatic rings. The molecule has 3 atom stereocenters. The maximum absolute atomic E-state index is 13.1. The van der Waals surface area contributed by atoms with Gasteiger partial charge in [-0.15, -0.1) is 0 Å². The first kappa shape index (κ1) is 19.6. The summed E-state index contributed by atoms with van der Waals surface area (Å²) in [5.74, 6) is -1.48. The van der Waals surface area contributed by atoms with Crippen molar-refractivity contribution in [2.24, 2.45) is 22.7 Å². The summed E-state index contributed by atoms with van der Waals surface area (Å²) < 4.78 is 0. The Morgan fingerprint density at radius 2 is 2.00 bits per heavy atom. The van der Waals surface area contributed by atoms with Gasteiger partial charge in [-0.3, -0.25) is 19.6 Å². The minimum Gasteiger partial charge on any atom is -0.359 e. The Kier molecular flexibility index (Phi) is 6.33. The van der Waals surface area contributed by atoms with Crippen LogP contribution in [0, 0.1) is 22.7 Å². The molecule has 0 spiro atoms. The van der Waals surface area contributed by atoms with Crippen LogP contribution in [0.4, 0.5) is 0 Å². The molecule has 1 fully saturated rings. The lowest BCUT2D eigenvalue weighted by molar-refractivity contribution is -0.142. The van der Waals surface area contributed by atoms with Crippen molar-refractivity contribution in [3.63, 3.8) is 0 Å². The van der Waals surface area contributed by atoms with E-state index in [1.807, 2.05) is 27.7 Å². The van der Waals surface area contributed by atoms with Crippen molar-refractivity contribution < 1.29 is 19.6 Å². The van der Waals surface area contributed by atoms with Crippen molar-refractivity contribution in [3.05, 3.63) is 0 Å². The van der Waals surface area contributed by atoms with Gasteiger partial charge >= 0.3 is 0 Å². The predicted octanol–water partition coefficient (Wildman–Crippen LogP) is 2.06. The number of hydroxylamine groups is 1. The highest BCUT2D eigenvalue weighted by Crippen LogP contribution is 2.50. The third-order valence-electron chi connectivity index (χ3n) is 5.01. The first-order valence-corrected chi connectivity index (χ1v) is 8.31. The molecule has 0 radical (unpaired) electrons.